The Balaban J connectivity index is 1.30. The smallest absolute Gasteiger partial charge is 0.128 e. The minimum absolute atomic E-state index is 0.195. The molecule has 1 saturated heterocycles. The molecule has 1 fully saturated rings. The molecule has 158 valence electrons. The van der Waals surface area contributed by atoms with Gasteiger partial charge in [-0.15, -0.1) is 0 Å². The quantitative estimate of drug-likeness (QED) is 0.528. The summed E-state index contributed by atoms with van der Waals surface area (Å²) in [5.74, 6) is 1.76. The number of hydrogen-bond donors (Lipinski definition) is 1. The van der Waals surface area contributed by atoms with Crippen LogP contribution in [0.25, 0.3) is 22.2 Å². The lowest BCUT2D eigenvalue weighted by molar-refractivity contribution is 0.312. The first-order chi connectivity index (χ1) is 15.1. The number of aromatic amines is 1. The van der Waals surface area contributed by atoms with Crippen molar-refractivity contribution in [3.8, 4) is 11.1 Å². The molecule has 3 heterocycles. The highest BCUT2D eigenvalue weighted by Crippen LogP contribution is 2.25. The van der Waals surface area contributed by atoms with Gasteiger partial charge in [-0.2, -0.15) is 0 Å². The first kappa shape index (κ1) is 19.7. The van der Waals surface area contributed by atoms with Crippen molar-refractivity contribution in [2.45, 2.75) is 12.8 Å². The zero-order valence-corrected chi connectivity index (χ0v) is 17.7. The number of pyridine rings is 1. The number of imidazole rings is 1. The Morgan fingerprint density at radius 3 is 2.55 bits per heavy atom. The van der Waals surface area contributed by atoms with Gasteiger partial charge < -0.3 is 14.8 Å². The number of aryl methyl sites for hydroxylation is 2. The molecule has 0 bridgehead atoms. The summed E-state index contributed by atoms with van der Waals surface area (Å²) < 4.78 is 13.4. The van der Waals surface area contributed by atoms with E-state index in [1.165, 1.54) is 6.07 Å². The number of hydrogen-bond acceptors (Lipinski definition) is 4. The van der Waals surface area contributed by atoms with E-state index < -0.39 is 0 Å². The zero-order chi connectivity index (χ0) is 21.2. The van der Waals surface area contributed by atoms with Crippen molar-refractivity contribution in [3.63, 3.8) is 0 Å². The molecular formula is C25H26FN5. The molecule has 1 aliphatic heterocycles. The number of aromatic nitrogens is 3. The van der Waals surface area contributed by atoms with E-state index >= 15 is 0 Å². The van der Waals surface area contributed by atoms with Crippen LogP contribution in [0, 0.1) is 5.82 Å². The lowest BCUT2D eigenvalue weighted by atomic mass is 10.1. The van der Waals surface area contributed by atoms with Crippen LogP contribution in [0.3, 0.4) is 0 Å². The van der Waals surface area contributed by atoms with Crippen molar-refractivity contribution < 1.29 is 4.39 Å². The van der Waals surface area contributed by atoms with Gasteiger partial charge in [0, 0.05) is 44.4 Å². The largest absolute Gasteiger partial charge is 0.354 e. The highest BCUT2D eigenvalue weighted by molar-refractivity contribution is 5.82. The monoisotopic (exact) mass is 415 g/mol. The molecule has 0 spiro atoms. The van der Waals surface area contributed by atoms with Crippen molar-refractivity contribution in [3.05, 3.63) is 78.0 Å². The SMILES string of the molecule is CN1CCN(c2ccc(-c3ccc4nc(CCc5cccc(F)c5)[nH]c4c3)cn2)CC1. The van der Waals surface area contributed by atoms with Crippen LogP contribution in [-0.4, -0.2) is 53.1 Å². The summed E-state index contributed by atoms with van der Waals surface area (Å²) in [4.78, 5) is 17.5. The highest BCUT2D eigenvalue weighted by atomic mass is 19.1. The number of fused-ring (bicyclic) bond motifs is 1. The Bertz CT molecular complexity index is 1180. The van der Waals surface area contributed by atoms with Gasteiger partial charge in [0.15, 0.2) is 0 Å². The van der Waals surface area contributed by atoms with Crippen LogP contribution < -0.4 is 4.90 Å². The number of nitrogens with zero attached hydrogens (tertiary/aromatic N) is 4. The van der Waals surface area contributed by atoms with Crippen molar-refractivity contribution in [1.82, 2.24) is 19.9 Å². The van der Waals surface area contributed by atoms with Crippen LogP contribution in [0.15, 0.2) is 60.8 Å². The van der Waals surface area contributed by atoms with E-state index in [1.807, 2.05) is 18.3 Å². The summed E-state index contributed by atoms with van der Waals surface area (Å²) in [6.45, 7) is 4.17. The Hall–Kier alpha value is -3.25. The molecule has 2 aromatic heterocycles. The number of anilines is 1. The lowest BCUT2D eigenvalue weighted by Gasteiger charge is -2.33. The summed E-state index contributed by atoms with van der Waals surface area (Å²) in [6, 6.07) is 17.3. The maximum Gasteiger partial charge on any atom is 0.128 e. The first-order valence-electron chi connectivity index (χ1n) is 10.8. The maximum atomic E-state index is 13.4. The molecule has 0 radical (unpaired) electrons. The fourth-order valence-corrected chi connectivity index (χ4v) is 4.10. The molecule has 5 rings (SSSR count). The molecule has 0 unspecified atom stereocenters. The van der Waals surface area contributed by atoms with E-state index in [2.05, 4.69) is 46.1 Å². The van der Waals surface area contributed by atoms with Gasteiger partial charge in [0.05, 0.1) is 11.0 Å². The Labute approximate surface area is 181 Å². The van der Waals surface area contributed by atoms with E-state index in [1.54, 1.807) is 12.1 Å². The summed E-state index contributed by atoms with van der Waals surface area (Å²) >= 11 is 0. The van der Waals surface area contributed by atoms with Gasteiger partial charge in [0.25, 0.3) is 0 Å². The minimum Gasteiger partial charge on any atom is -0.354 e. The first-order valence-corrected chi connectivity index (χ1v) is 10.8. The second-order valence-electron chi connectivity index (χ2n) is 8.24. The zero-order valence-electron chi connectivity index (χ0n) is 17.7. The van der Waals surface area contributed by atoms with Gasteiger partial charge in [-0.1, -0.05) is 18.2 Å². The number of H-pyrrole nitrogens is 1. The average molecular weight is 416 g/mol. The number of likely N-dealkylation sites (N-methyl/N-ethyl adjacent to an activating group) is 1. The van der Waals surface area contributed by atoms with E-state index in [-0.39, 0.29) is 5.82 Å². The highest BCUT2D eigenvalue weighted by Gasteiger charge is 2.15. The molecule has 1 N–H and O–H groups in total. The van der Waals surface area contributed by atoms with Gasteiger partial charge in [0.2, 0.25) is 0 Å². The molecule has 0 saturated carbocycles. The average Bonchev–Trinajstić information content (AvgIpc) is 3.21. The molecule has 1 aliphatic rings. The van der Waals surface area contributed by atoms with Crippen LogP contribution in [0.1, 0.15) is 11.4 Å². The van der Waals surface area contributed by atoms with Gasteiger partial charge in [-0.3, -0.25) is 0 Å². The predicted octanol–water partition coefficient (Wildman–Crippen LogP) is 4.30. The molecule has 0 atom stereocenters. The van der Waals surface area contributed by atoms with Gasteiger partial charge in [-0.25, -0.2) is 14.4 Å². The van der Waals surface area contributed by atoms with Gasteiger partial charge in [0.1, 0.15) is 17.5 Å². The number of rotatable bonds is 5. The second kappa shape index (κ2) is 8.47. The molecule has 5 nitrogen and oxygen atoms in total. The third kappa shape index (κ3) is 4.44. The summed E-state index contributed by atoms with van der Waals surface area (Å²) in [6.07, 6.45) is 3.45. The van der Waals surface area contributed by atoms with Crippen LogP contribution in [0.5, 0.6) is 0 Å². The standard InChI is InChI=1S/C25H26FN5/c1-30-11-13-31(14-12-30)25-10-7-20(17-27-25)19-6-8-22-23(16-19)29-24(28-22)9-5-18-3-2-4-21(26)15-18/h2-4,6-8,10,15-17H,5,9,11-14H2,1H3,(H,28,29). The number of halogens is 1. The molecule has 4 aromatic rings. The number of piperazine rings is 1. The fourth-order valence-electron chi connectivity index (χ4n) is 4.10. The third-order valence-corrected chi connectivity index (χ3v) is 5.98. The van der Waals surface area contributed by atoms with Crippen LogP contribution in [-0.2, 0) is 12.8 Å². The third-order valence-electron chi connectivity index (χ3n) is 5.98. The van der Waals surface area contributed by atoms with E-state index in [0.29, 0.717) is 0 Å². The molecule has 0 aliphatic carbocycles. The van der Waals surface area contributed by atoms with Crippen LogP contribution in [0.4, 0.5) is 10.2 Å². The molecule has 31 heavy (non-hydrogen) atoms. The summed E-state index contributed by atoms with van der Waals surface area (Å²) in [5.41, 5.74) is 5.14. The summed E-state index contributed by atoms with van der Waals surface area (Å²) in [7, 11) is 2.16. The van der Waals surface area contributed by atoms with Crippen molar-refractivity contribution in [2.75, 3.05) is 38.1 Å². The minimum atomic E-state index is -0.195. The van der Waals surface area contributed by atoms with E-state index in [9.17, 15) is 4.39 Å². The predicted molar refractivity (Wildman–Crippen MR) is 123 cm³/mol. The van der Waals surface area contributed by atoms with Crippen molar-refractivity contribution in [1.29, 1.82) is 0 Å². The fraction of sp³-hybridized carbons (Fsp3) is 0.280. The topological polar surface area (TPSA) is 48.0 Å². The normalized spacial score (nSPS) is 15.0. The maximum absolute atomic E-state index is 13.4. The second-order valence-corrected chi connectivity index (χ2v) is 8.24. The van der Waals surface area contributed by atoms with E-state index in [4.69, 9.17) is 9.97 Å². The van der Waals surface area contributed by atoms with Crippen LogP contribution in [0.2, 0.25) is 0 Å². The number of nitrogens with one attached hydrogen (secondary N) is 1. The molecular weight excluding hydrogens is 389 g/mol. The molecule has 2 aromatic carbocycles. The van der Waals surface area contributed by atoms with Crippen molar-refractivity contribution in [2.24, 2.45) is 0 Å². The number of benzene rings is 2. The Kier molecular flexibility index (Phi) is 5.38. The van der Waals surface area contributed by atoms with Gasteiger partial charge in [-0.05, 0) is 61.0 Å². The molecule has 0 amide bonds. The van der Waals surface area contributed by atoms with Crippen molar-refractivity contribution >= 4 is 16.9 Å². The molecule has 6 heteroatoms. The van der Waals surface area contributed by atoms with E-state index in [0.717, 1.165) is 78.4 Å². The lowest BCUT2D eigenvalue weighted by Crippen LogP contribution is -2.44. The summed E-state index contributed by atoms with van der Waals surface area (Å²) in [5, 5.41) is 0. The van der Waals surface area contributed by atoms with Crippen LogP contribution >= 0.6 is 0 Å². The Morgan fingerprint density at radius 1 is 0.935 bits per heavy atom. The Morgan fingerprint density at radius 2 is 1.77 bits per heavy atom. The van der Waals surface area contributed by atoms with Gasteiger partial charge >= 0.3 is 0 Å².